The molecular weight excluding hydrogens is 279 g/mol. The molecule has 0 aliphatic rings. The third-order valence-corrected chi connectivity index (χ3v) is 3.15. The third kappa shape index (κ3) is 5.52. The fraction of sp³-hybridized carbons (Fsp3) is 0.467. The SMILES string of the molecule is CCCCC/C(=C(/CN=[N+]=[N-])C(F)(F)F)c1ccccc1. The van der Waals surface area contributed by atoms with Crippen molar-refractivity contribution in [3.63, 3.8) is 0 Å². The predicted molar refractivity (Wildman–Crippen MR) is 77.6 cm³/mol. The van der Waals surface area contributed by atoms with Crippen LogP contribution < -0.4 is 0 Å². The number of hydrogen-bond donors (Lipinski definition) is 0. The van der Waals surface area contributed by atoms with Gasteiger partial charge >= 0.3 is 6.18 Å². The van der Waals surface area contributed by atoms with Gasteiger partial charge in [-0.1, -0.05) is 55.2 Å². The van der Waals surface area contributed by atoms with Gasteiger partial charge in [-0.15, -0.1) is 0 Å². The van der Waals surface area contributed by atoms with Crippen LogP contribution >= 0.6 is 0 Å². The number of hydrogen-bond acceptors (Lipinski definition) is 1. The first-order valence-corrected chi connectivity index (χ1v) is 6.86. The molecule has 0 fully saturated rings. The van der Waals surface area contributed by atoms with Crippen molar-refractivity contribution < 1.29 is 13.2 Å². The van der Waals surface area contributed by atoms with E-state index in [9.17, 15) is 13.2 Å². The standard InChI is InChI=1S/C15H18F3N3/c1-2-3-5-10-13(12-8-6-4-7-9-12)14(11-20-21-19)15(16,17)18/h4,6-9H,2-3,5,10-11H2,1H3/b14-13+. The van der Waals surface area contributed by atoms with E-state index < -0.39 is 18.3 Å². The lowest BCUT2D eigenvalue weighted by Crippen LogP contribution is -2.17. The van der Waals surface area contributed by atoms with Gasteiger partial charge in [-0.3, -0.25) is 0 Å². The average molecular weight is 297 g/mol. The summed E-state index contributed by atoms with van der Waals surface area (Å²) in [5.74, 6) is 0. The van der Waals surface area contributed by atoms with Gasteiger partial charge in [-0.05, 0) is 29.5 Å². The molecule has 3 nitrogen and oxygen atoms in total. The van der Waals surface area contributed by atoms with Gasteiger partial charge < -0.3 is 0 Å². The van der Waals surface area contributed by atoms with E-state index in [4.69, 9.17) is 5.53 Å². The average Bonchev–Trinajstić information content (AvgIpc) is 2.45. The Morgan fingerprint density at radius 3 is 2.38 bits per heavy atom. The Hall–Kier alpha value is -1.94. The quantitative estimate of drug-likeness (QED) is 0.261. The van der Waals surface area contributed by atoms with Crippen LogP contribution in [0.2, 0.25) is 0 Å². The van der Waals surface area contributed by atoms with Crippen molar-refractivity contribution in [3.8, 4) is 0 Å². The number of benzene rings is 1. The van der Waals surface area contributed by atoms with Crippen molar-refractivity contribution in [2.75, 3.05) is 6.54 Å². The van der Waals surface area contributed by atoms with Gasteiger partial charge in [0.1, 0.15) is 0 Å². The van der Waals surface area contributed by atoms with E-state index in [1.54, 1.807) is 30.3 Å². The molecule has 0 amide bonds. The first-order chi connectivity index (χ1) is 10.0. The van der Waals surface area contributed by atoms with Gasteiger partial charge in [0.05, 0.1) is 6.54 Å². The van der Waals surface area contributed by atoms with Crippen LogP contribution in [0.25, 0.3) is 16.0 Å². The maximum absolute atomic E-state index is 13.2. The molecule has 0 saturated carbocycles. The van der Waals surface area contributed by atoms with Crippen LogP contribution in [0.1, 0.15) is 38.2 Å². The number of alkyl halides is 3. The molecule has 0 heterocycles. The number of nitrogens with zero attached hydrogens (tertiary/aromatic N) is 3. The molecule has 0 bridgehead atoms. The van der Waals surface area contributed by atoms with Crippen LogP contribution in [0, 0.1) is 0 Å². The summed E-state index contributed by atoms with van der Waals surface area (Å²) in [5, 5.41) is 3.12. The maximum Gasteiger partial charge on any atom is 0.413 e. The Kier molecular flexibility index (Phi) is 6.82. The minimum Gasteiger partial charge on any atom is -0.166 e. The summed E-state index contributed by atoms with van der Waals surface area (Å²) >= 11 is 0. The molecule has 0 aromatic heterocycles. The highest BCUT2D eigenvalue weighted by Gasteiger charge is 2.35. The number of halogens is 3. The van der Waals surface area contributed by atoms with Crippen molar-refractivity contribution in [1.82, 2.24) is 0 Å². The molecule has 1 rings (SSSR count). The molecule has 0 aliphatic heterocycles. The molecule has 0 saturated heterocycles. The lowest BCUT2D eigenvalue weighted by atomic mass is 9.94. The van der Waals surface area contributed by atoms with Gasteiger partial charge in [-0.25, -0.2) is 0 Å². The number of azide groups is 1. The van der Waals surface area contributed by atoms with Gasteiger partial charge in [0.2, 0.25) is 0 Å². The molecule has 0 atom stereocenters. The second kappa shape index (κ2) is 8.37. The van der Waals surface area contributed by atoms with Crippen LogP contribution in [0.15, 0.2) is 41.0 Å². The highest BCUT2D eigenvalue weighted by atomic mass is 19.4. The van der Waals surface area contributed by atoms with Crippen molar-refractivity contribution in [1.29, 1.82) is 0 Å². The predicted octanol–water partition coefficient (Wildman–Crippen LogP) is 5.89. The summed E-state index contributed by atoms with van der Waals surface area (Å²) < 4.78 is 39.7. The van der Waals surface area contributed by atoms with Crippen LogP contribution in [0.3, 0.4) is 0 Å². The topological polar surface area (TPSA) is 48.8 Å². The zero-order valence-electron chi connectivity index (χ0n) is 11.9. The monoisotopic (exact) mass is 297 g/mol. The normalized spacial score (nSPS) is 12.6. The zero-order chi connectivity index (χ0) is 15.7. The van der Waals surface area contributed by atoms with E-state index in [2.05, 4.69) is 10.0 Å². The van der Waals surface area contributed by atoms with E-state index in [0.717, 1.165) is 12.8 Å². The van der Waals surface area contributed by atoms with E-state index in [0.29, 0.717) is 18.4 Å². The van der Waals surface area contributed by atoms with Crippen molar-refractivity contribution in [2.45, 2.75) is 38.8 Å². The van der Waals surface area contributed by atoms with Crippen LogP contribution in [0.4, 0.5) is 13.2 Å². The maximum atomic E-state index is 13.2. The first-order valence-electron chi connectivity index (χ1n) is 6.86. The van der Waals surface area contributed by atoms with Gasteiger partial charge in [0.15, 0.2) is 0 Å². The molecule has 0 spiro atoms. The molecule has 21 heavy (non-hydrogen) atoms. The van der Waals surface area contributed by atoms with Crippen molar-refractivity contribution in [2.24, 2.45) is 5.11 Å². The van der Waals surface area contributed by atoms with Crippen LogP contribution in [0.5, 0.6) is 0 Å². The molecular formula is C15H18F3N3. The molecule has 1 aromatic rings. The van der Waals surface area contributed by atoms with Gasteiger partial charge in [0, 0.05) is 10.5 Å². The van der Waals surface area contributed by atoms with Crippen molar-refractivity contribution in [3.05, 3.63) is 51.9 Å². The molecule has 6 heteroatoms. The Balaban J connectivity index is 3.26. The summed E-state index contributed by atoms with van der Waals surface area (Å²) in [7, 11) is 0. The summed E-state index contributed by atoms with van der Waals surface area (Å²) in [6.45, 7) is 1.33. The third-order valence-electron chi connectivity index (χ3n) is 3.15. The van der Waals surface area contributed by atoms with Crippen LogP contribution in [-0.2, 0) is 0 Å². The van der Waals surface area contributed by atoms with E-state index >= 15 is 0 Å². The van der Waals surface area contributed by atoms with E-state index in [1.165, 1.54) is 0 Å². The fourth-order valence-electron chi connectivity index (χ4n) is 2.12. The minimum atomic E-state index is -4.49. The Labute approximate surface area is 122 Å². The number of unbranched alkanes of at least 4 members (excludes halogenated alkanes) is 2. The molecule has 0 radical (unpaired) electrons. The second-order valence-corrected chi connectivity index (χ2v) is 4.67. The van der Waals surface area contributed by atoms with Gasteiger partial charge in [0.25, 0.3) is 0 Å². The summed E-state index contributed by atoms with van der Waals surface area (Å²) in [4.78, 5) is 2.45. The van der Waals surface area contributed by atoms with E-state index in [-0.39, 0.29) is 5.57 Å². The summed E-state index contributed by atoms with van der Waals surface area (Å²) in [6.07, 6.45) is -1.70. The minimum absolute atomic E-state index is 0.226. The smallest absolute Gasteiger partial charge is 0.166 e. The molecule has 1 aromatic carbocycles. The molecule has 114 valence electrons. The first kappa shape index (κ1) is 17.1. The fourth-order valence-corrected chi connectivity index (χ4v) is 2.12. The Morgan fingerprint density at radius 1 is 1.19 bits per heavy atom. The molecule has 0 unspecified atom stereocenters. The number of allylic oxidation sites excluding steroid dienone is 1. The molecule has 0 N–H and O–H groups in total. The Morgan fingerprint density at radius 2 is 1.86 bits per heavy atom. The summed E-state index contributed by atoms with van der Waals surface area (Å²) in [5.41, 5.74) is 8.33. The van der Waals surface area contributed by atoms with Crippen LogP contribution in [-0.4, -0.2) is 12.7 Å². The lowest BCUT2D eigenvalue weighted by Gasteiger charge is -2.17. The zero-order valence-corrected chi connectivity index (χ0v) is 11.9. The van der Waals surface area contributed by atoms with E-state index in [1.807, 2.05) is 6.92 Å². The number of rotatable bonds is 7. The van der Waals surface area contributed by atoms with Gasteiger partial charge in [-0.2, -0.15) is 13.2 Å². The lowest BCUT2D eigenvalue weighted by molar-refractivity contribution is -0.0917. The highest BCUT2D eigenvalue weighted by Crippen LogP contribution is 2.35. The summed E-state index contributed by atoms with van der Waals surface area (Å²) in [6, 6.07) is 8.48. The highest BCUT2D eigenvalue weighted by molar-refractivity contribution is 5.70. The largest absolute Gasteiger partial charge is 0.413 e. The molecule has 0 aliphatic carbocycles. The van der Waals surface area contributed by atoms with Crippen molar-refractivity contribution >= 4 is 5.57 Å². The second-order valence-electron chi connectivity index (χ2n) is 4.67. The Bertz CT molecular complexity index is 515.